The summed E-state index contributed by atoms with van der Waals surface area (Å²) in [6.45, 7) is 1.89. The minimum absolute atomic E-state index is 0.0775. The van der Waals surface area contributed by atoms with Gasteiger partial charge in [-0.2, -0.15) is 0 Å². The maximum Gasteiger partial charge on any atom is 0.194 e. The van der Waals surface area contributed by atoms with Crippen LogP contribution in [0.15, 0.2) is 54.7 Å². The molecular formula is C17H12ClNO. The first-order chi connectivity index (χ1) is 9.66. The van der Waals surface area contributed by atoms with Crippen molar-refractivity contribution in [2.24, 2.45) is 0 Å². The van der Waals surface area contributed by atoms with Crippen molar-refractivity contribution in [3.05, 3.63) is 76.4 Å². The molecule has 1 heterocycles. The second kappa shape index (κ2) is 5.06. The van der Waals surface area contributed by atoms with Crippen LogP contribution in [0.4, 0.5) is 0 Å². The molecule has 0 aliphatic rings. The zero-order valence-electron chi connectivity index (χ0n) is 10.9. The predicted octanol–water partition coefficient (Wildman–Crippen LogP) is 4.43. The van der Waals surface area contributed by atoms with Gasteiger partial charge in [0.25, 0.3) is 0 Å². The molecule has 0 saturated heterocycles. The maximum atomic E-state index is 12.6. The van der Waals surface area contributed by atoms with Gasteiger partial charge in [0.2, 0.25) is 0 Å². The number of aryl methyl sites for hydroxylation is 1. The molecule has 0 amide bonds. The number of fused-ring (bicyclic) bond motifs is 1. The van der Waals surface area contributed by atoms with Crippen LogP contribution in [-0.4, -0.2) is 10.8 Å². The summed E-state index contributed by atoms with van der Waals surface area (Å²) in [6.07, 6.45) is 1.72. The molecule has 0 radical (unpaired) electrons. The summed E-state index contributed by atoms with van der Waals surface area (Å²) in [6, 6.07) is 14.8. The van der Waals surface area contributed by atoms with E-state index in [1.807, 2.05) is 43.3 Å². The second-order valence-corrected chi connectivity index (χ2v) is 5.05. The fraction of sp³-hybridized carbons (Fsp3) is 0.0588. The Kier molecular flexibility index (Phi) is 3.25. The van der Waals surface area contributed by atoms with Gasteiger partial charge in [0.1, 0.15) is 0 Å². The smallest absolute Gasteiger partial charge is 0.194 e. The number of nitrogens with zero attached hydrogens (tertiary/aromatic N) is 1. The summed E-state index contributed by atoms with van der Waals surface area (Å²) in [5, 5.41) is 1.53. The fourth-order valence-electron chi connectivity index (χ4n) is 2.19. The third-order valence-corrected chi connectivity index (χ3v) is 3.81. The topological polar surface area (TPSA) is 30.0 Å². The molecule has 2 aromatic carbocycles. The van der Waals surface area contributed by atoms with Crippen LogP contribution < -0.4 is 0 Å². The highest BCUT2D eigenvalue weighted by Gasteiger charge is 2.14. The zero-order valence-corrected chi connectivity index (χ0v) is 11.7. The highest BCUT2D eigenvalue weighted by atomic mass is 35.5. The van der Waals surface area contributed by atoms with Crippen LogP contribution in [0.5, 0.6) is 0 Å². The van der Waals surface area contributed by atoms with Crippen molar-refractivity contribution < 1.29 is 4.79 Å². The Bertz CT molecular complexity index is 811. The van der Waals surface area contributed by atoms with Crippen LogP contribution in [0.3, 0.4) is 0 Å². The van der Waals surface area contributed by atoms with Crippen LogP contribution in [0.25, 0.3) is 10.9 Å². The average molecular weight is 282 g/mol. The molecule has 98 valence electrons. The van der Waals surface area contributed by atoms with E-state index in [1.165, 1.54) is 0 Å². The molecule has 0 unspecified atom stereocenters. The Morgan fingerprint density at radius 2 is 1.95 bits per heavy atom. The van der Waals surface area contributed by atoms with Crippen LogP contribution in [0.2, 0.25) is 5.02 Å². The number of pyridine rings is 1. The molecule has 20 heavy (non-hydrogen) atoms. The number of rotatable bonds is 2. The van der Waals surface area contributed by atoms with Crippen molar-refractivity contribution in [2.45, 2.75) is 6.92 Å². The number of hydrogen-bond donors (Lipinski definition) is 0. The summed E-state index contributed by atoms with van der Waals surface area (Å²) < 4.78 is 0. The number of hydrogen-bond acceptors (Lipinski definition) is 2. The highest BCUT2D eigenvalue weighted by molar-refractivity contribution is 6.35. The second-order valence-electron chi connectivity index (χ2n) is 4.68. The predicted molar refractivity (Wildman–Crippen MR) is 81.4 cm³/mol. The fourth-order valence-corrected chi connectivity index (χ4v) is 2.40. The van der Waals surface area contributed by atoms with Gasteiger partial charge in [0.05, 0.1) is 10.5 Å². The molecule has 0 aliphatic heterocycles. The molecule has 0 bridgehead atoms. The van der Waals surface area contributed by atoms with E-state index in [0.717, 1.165) is 16.5 Å². The summed E-state index contributed by atoms with van der Waals surface area (Å²) in [5.74, 6) is -0.0775. The summed E-state index contributed by atoms with van der Waals surface area (Å²) in [5.41, 5.74) is 2.84. The number of carbonyl (C=O) groups excluding carboxylic acids is 1. The van der Waals surface area contributed by atoms with E-state index in [-0.39, 0.29) is 5.78 Å². The molecule has 2 nitrogen and oxygen atoms in total. The SMILES string of the molecule is Cc1cccc(C(=O)c2ccc3cccnc3c2)c1Cl. The monoisotopic (exact) mass is 281 g/mol. The summed E-state index contributed by atoms with van der Waals surface area (Å²) in [7, 11) is 0. The normalized spacial score (nSPS) is 10.7. The molecule has 1 aromatic heterocycles. The first-order valence-electron chi connectivity index (χ1n) is 6.31. The van der Waals surface area contributed by atoms with E-state index in [0.29, 0.717) is 16.1 Å². The molecular weight excluding hydrogens is 270 g/mol. The largest absolute Gasteiger partial charge is 0.289 e. The van der Waals surface area contributed by atoms with E-state index >= 15 is 0 Å². The van der Waals surface area contributed by atoms with Gasteiger partial charge in [-0.05, 0) is 30.7 Å². The number of halogens is 1. The quantitative estimate of drug-likeness (QED) is 0.651. The summed E-state index contributed by atoms with van der Waals surface area (Å²) >= 11 is 6.22. The zero-order chi connectivity index (χ0) is 14.1. The van der Waals surface area contributed by atoms with Crippen molar-refractivity contribution in [2.75, 3.05) is 0 Å². The van der Waals surface area contributed by atoms with E-state index in [2.05, 4.69) is 4.98 Å². The van der Waals surface area contributed by atoms with Crippen LogP contribution in [0, 0.1) is 6.92 Å². The van der Waals surface area contributed by atoms with Crippen LogP contribution in [-0.2, 0) is 0 Å². The van der Waals surface area contributed by atoms with Gasteiger partial charge in [-0.25, -0.2) is 0 Å². The summed E-state index contributed by atoms with van der Waals surface area (Å²) in [4.78, 5) is 16.8. The third kappa shape index (κ3) is 2.19. The van der Waals surface area contributed by atoms with E-state index in [9.17, 15) is 4.79 Å². The van der Waals surface area contributed by atoms with Gasteiger partial charge in [0.15, 0.2) is 5.78 Å². The number of benzene rings is 2. The molecule has 0 N–H and O–H groups in total. The number of carbonyl (C=O) groups is 1. The van der Waals surface area contributed by atoms with Gasteiger partial charge >= 0.3 is 0 Å². The van der Waals surface area contributed by atoms with Crippen molar-refractivity contribution in [3.8, 4) is 0 Å². The Hall–Kier alpha value is -2.19. The minimum atomic E-state index is -0.0775. The molecule has 3 heteroatoms. The Morgan fingerprint density at radius 3 is 2.80 bits per heavy atom. The van der Waals surface area contributed by atoms with Crippen LogP contribution in [0.1, 0.15) is 21.5 Å². The average Bonchev–Trinajstić information content (AvgIpc) is 2.49. The number of ketones is 1. The van der Waals surface area contributed by atoms with E-state index in [1.54, 1.807) is 18.3 Å². The van der Waals surface area contributed by atoms with Crippen molar-refractivity contribution in [3.63, 3.8) is 0 Å². The molecule has 0 fully saturated rings. The van der Waals surface area contributed by atoms with Gasteiger partial charge in [0, 0.05) is 22.7 Å². The molecule has 0 spiro atoms. The standard InChI is InChI=1S/C17H12ClNO/c1-11-4-2-6-14(16(11)18)17(20)13-8-7-12-5-3-9-19-15(12)10-13/h2-10H,1H3. The molecule has 3 rings (SSSR count). The Morgan fingerprint density at radius 1 is 1.10 bits per heavy atom. The number of aromatic nitrogens is 1. The van der Waals surface area contributed by atoms with Gasteiger partial charge in [-0.1, -0.05) is 41.9 Å². The van der Waals surface area contributed by atoms with Crippen molar-refractivity contribution in [1.29, 1.82) is 0 Å². The lowest BCUT2D eigenvalue weighted by Crippen LogP contribution is -2.03. The van der Waals surface area contributed by atoms with Gasteiger partial charge in [-0.3, -0.25) is 9.78 Å². The lowest BCUT2D eigenvalue weighted by Gasteiger charge is -2.06. The molecule has 0 aliphatic carbocycles. The third-order valence-electron chi connectivity index (χ3n) is 3.30. The Labute approximate surface area is 122 Å². The van der Waals surface area contributed by atoms with Crippen molar-refractivity contribution >= 4 is 28.3 Å². The van der Waals surface area contributed by atoms with Crippen LogP contribution >= 0.6 is 11.6 Å². The Balaban J connectivity index is 2.10. The minimum Gasteiger partial charge on any atom is -0.289 e. The molecule has 0 saturated carbocycles. The van der Waals surface area contributed by atoms with E-state index < -0.39 is 0 Å². The first-order valence-corrected chi connectivity index (χ1v) is 6.69. The van der Waals surface area contributed by atoms with Gasteiger partial charge in [-0.15, -0.1) is 0 Å². The molecule has 3 aromatic rings. The van der Waals surface area contributed by atoms with E-state index in [4.69, 9.17) is 11.6 Å². The van der Waals surface area contributed by atoms with Crippen molar-refractivity contribution in [1.82, 2.24) is 4.98 Å². The maximum absolute atomic E-state index is 12.6. The lowest BCUT2D eigenvalue weighted by molar-refractivity contribution is 0.103. The van der Waals surface area contributed by atoms with Gasteiger partial charge < -0.3 is 0 Å². The lowest BCUT2D eigenvalue weighted by atomic mass is 10.0. The first kappa shape index (κ1) is 12.8. The highest BCUT2D eigenvalue weighted by Crippen LogP contribution is 2.24. The molecule has 0 atom stereocenters.